The summed E-state index contributed by atoms with van der Waals surface area (Å²) in [5.41, 5.74) is 0. The molecule has 0 fully saturated rings. The van der Waals surface area contributed by atoms with Crippen molar-refractivity contribution in [1.82, 2.24) is 0 Å². The summed E-state index contributed by atoms with van der Waals surface area (Å²) in [6.45, 7) is 3.66. The zero-order valence-corrected chi connectivity index (χ0v) is 10.9. The molecular weight excluding hydrogens is 311 g/mol. The van der Waals surface area contributed by atoms with Crippen LogP contribution in [0.3, 0.4) is 0 Å². The van der Waals surface area contributed by atoms with Crippen LogP contribution in [0.2, 0.25) is 13.1 Å². The van der Waals surface area contributed by atoms with Gasteiger partial charge >= 0.3 is 5.97 Å². The van der Waals surface area contributed by atoms with Crippen LogP contribution >= 0.6 is 33.7 Å². The first-order valence-corrected chi connectivity index (χ1v) is 8.94. The number of carboxylic acid groups (broad SMARTS) is 1. The first-order valence-electron chi connectivity index (χ1n) is 3.49. The quantitative estimate of drug-likeness (QED) is 0.365. The van der Waals surface area contributed by atoms with Crippen LogP contribution < -0.4 is 0 Å². The van der Waals surface area contributed by atoms with Gasteiger partial charge in [0.2, 0.25) is 0 Å². The highest BCUT2D eigenvalue weighted by Gasteiger charge is 2.24. The lowest BCUT2D eigenvalue weighted by molar-refractivity contribution is -0.138. The number of hydrogen-bond donors (Lipinski definition) is 1. The summed E-state index contributed by atoms with van der Waals surface area (Å²) in [7, 11) is -2.10. The summed E-state index contributed by atoms with van der Waals surface area (Å²) < 4.78 is 6.07. The summed E-state index contributed by atoms with van der Waals surface area (Å²) in [5, 5.41) is 8.50. The Morgan fingerprint density at radius 3 is 2.50 bits per heavy atom. The molecule has 6 heteroatoms. The first kappa shape index (κ1) is 12.7. The van der Waals surface area contributed by atoms with Gasteiger partial charge in [0, 0.05) is 4.43 Å². The van der Waals surface area contributed by atoms with Crippen molar-refractivity contribution in [2.45, 2.75) is 25.6 Å². The molecule has 0 saturated heterocycles. The van der Waals surface area contributed by atoms with E-state index in [1.165, 1.54) is 0 Å². The molecule has 3 nitrogen and oxygen atoms in total. The number of aliphatic carboxylic acids is 1. The van der Waals surface area contributed by atoms with Gasteiger partial charge in [-0.05, 0) is 13.1 Å². The third-order valence-corrected chi connectivity index (χ3v) is 3.16. The molecule has 0 bridgehead atoms. The molecule has 1 N–H and O–H groups in total. The van der Waals surface area contributed by atoms with Crippen molar-refractivity contribution in [2.24, 2.45) is 0 Å². The average Bonchev–Trinajstić information content (AvgIpc) is 1.82. The third-order valence-electron chi connectivity index (χ3n) is 1.02. The van der Waals surface area contributed by atoms with E-state index in [4.69, 9.17) is 20.6 Å². The van der Waals surface area contributed by atoms with E-state index in [1.54, 1.807) is 0 Å². The average molecular weight is 323 g/mol. The summed E-state index contributed by atoms with van der Waals surface area (Å²) in [4.78, 5) is 10.3. The second kappa shape index (κ2) is 5.41. The topological polar surface area (TPSA) is 46.5 Å². The van der Waals surface area contributed by atoms with Crippen molar-refractivity contribution in [3.63, 3.8) is 0 Å². The molecule has 1 atom stereocenters. The molecule has 0 aromatic carbocycles. The van der Waals surface area contributed by atoms with Gasteiger partial charge in [-0.25, -0.2) is 0 Å². The molecule has 12 heavy (non-hydrogen) atoms. The SMILES string of the molecule is C[Si](C)(Cl)O[C@H](CI)CC(=O)O. The summed E-state index contributed by atoms with van der Waals surface area (Å²) in [6, 6.07) is 0. The van der Waals surface area contributed by atoms with E-state index < -0.39 is 13.6 Å². The van der Waals surface area contributed by atoms with Crippen LogP contribution in [-0.4, -0.2) is 29.2 Å². The standard InChI is InChI=1S/C6H12ClIO3Si/c1-12(2,7)11-5(4-8)3-6(9)10/h5H,3-4H2,1-2H3,(H,9,10)/t5-/m0/s1. The minimum Gasteiger partial charge on any atom is -0.481 e. The van der Waals surface area contributed by atoms with Crippen molar-refractivity contribution in [1.29, 1.82) is 0 Å². The van der Waals surface area contributed by atoms with Gasteiger partial charge in [-0.1, -0.05) is 22.6 Å². The van der Waals surface area contributed by atoms with Crippen LogP contribution in [0.15, 0.2) is 0 Å². The van der Waals surface area contributed by atoms with Gasteiger partial charge in [0.05, 0.1) is 12.5 Å². The van der Waals surface area contributed by atoms with Crippen molar-refractivity contribution in [2.75, 3.05) is 4.43 Å². The molecule has 0 aromatic rings. The molecule has 0 unspecified atom stereocenters. The minimum atomic E-state index is -2.10. The molecule has 0 aliphatic heterocycles. The van der Waals surface area contributed by atoms with Crippen molar-refractivity contribution < 1.29 is 14.3 Å². The van der Waals surface area contributed by atoms with E-state index in [2.05, 4.69) is 22.6 Å². The van der Waals surface area contributed by atoms with Crippen LogP contribution in [0.25, 0.3) is 0 Å². The van der Waals surface area contributed by atoms with Crippen LogP contribution in [-0.2, 0) is 9.22 Å². The maximum absolute atomic E-state index is 10.3. The summed E-state index contributed by atoms with van der Waals surface area (Å²) >= 11 is 8.01. The predicted octanol–water partition coefficient (Wildman–Crippen LogP) is 2.22. The van der Waals surface area contributed by atoms with Crippen LogP contribution in [0.1, 0.15) is 6.42 Å². The molecule has 0 spiro atoms. The fourth-order valence-electron chi connectivity index (χ4n) is 0.719. The molecule has 0 aliphatic carbocycles. The summed E-state index contributed by atoms with van der Waals surface area (Å²) in [5.74, 6) is -0.841. The Bertz CT molecular complexity index is 159. The molecular formula is C6H12ClIO3Si. The van der Waals surface area contributed by atoms with Crippen molar-refractivity contribution >= 4 is 47.3 Å². The zero-order valence-electron chi connectivity index (χ0n) is 7.01. The molecule has 72 valence electrons. The maximum Gasteiger partial charge on any atom is 0.305 e. The van der Waals surface area contributed by atoms with E-state index in [0.29, 0.717) is 4.43 Å². The molecule has 0 radical (unpaired) electrons. The van der Waals surface area contributed by atoms with E-state index in [1.807, 2.05) is 13.1 Å². The number of carbonyl (C=O) groups is 1. The molecule has 0 saturated carbocycles. The maximum atomic E-state index is 10.3. The number of rotatable bonds is 5. The second-order valence-electron chi connectivity index (χ2n) is 2.86. The zero-order chi connectivity index (χ0) is 9.78. The highest BCUT2D eigenvalue weighted by molar-refractivity contribution is 14.1. The highest BCUT2D eigenvalue weighted by atomic mass is 127. The number of alkyl halides is 1. The van der Waals surface area contributed by atoms with Gasteiger partial charge in [0.15, 0.2) is 0 Å². The lowest BCUT2D eigenvalue weighted by Gasteiger charge is -2.21. The monoisotopic (exact) mass is 322 g/mol. The smallest absolute Gasteiger partial charge is 0.305 e. The Hall–Kier alpha value is 0.667. The number of carboxylic acids is 1. The lowest BCUT2D eigenvalue weighted by Crippen LogP contribution is -2.32. The molecule has 0 aromatic heterocycles. The molecule has 0 rings (SSSR count). The first-order chi connectivity index (χ1) is 5.35. The third kappa shape index (κ3) is 7.32. The van der Waals surface area contributed by atoms with Gasteiger partial charge in [-0.2, -0.15) is 0 Å². The Kier molecular flexibility index (Phi) is 5.71. The van der Waals surface area contributed by atoms with Gasteiger partial charge in [0.1, 0.15) is 0 Å². The van der Waals surface area contributed by atoms with Gasteiger partial charge < -0.3 is 9.53 Å². The van der Waals surface area contributed by atoms with E-state index >= 15 is 0 Å². The second-order valence-corrected chi connectivity index (χ2v) is 9.43. The van der Waals surface area contributed by atoms with Crippen LogP contribution in [0.4, 0.5) is 0 Å². The Morgan fingerprint density at radius 1 is 1.75 bits per heavy atom. The Morgan fingerprint density at radius 2 is 2.25 bits per heavy atom. The number of halogens is 2. The molecule has 0 amide bonds. The van der Waals surface area contributed by atoms with E-state index in [9.17, 15) is 4.79 Å². The van der Waals surface area contributed by atoms with E-state index in [-0.39, 0.29) is 12.5 Å². The highest BCUT2D eigenvalue weighted by Crippen LogP contribution is 2.15. The molecule has 0 heterocycles. The lowest BCUT2D eigenvalue weighted by atomic mass is 10.3. The fourth-order valence-corrected chi connectivity index (χ4v) is 2.89. The van der Waals surface area contributed by atoms with Gasteiger partial charge in [-0.3, -0.25) is 4.79 Å². The Balaban J connectivity index is 3.92. The van der Waals surface area contributed by atoms with Crippen molar-refractivity contribution in [3.05, 3.63) is 0 Å². The number of hydrogen-bond acceptors (Lipinski definition) is 2. The predicted molar refractivity (Wildman–Crippen MR) is 59.3 cm³/mol. The minimum absolute atomic E-state index is 0.0338. The largest absolute Gasteiger partial charge is 0.481 e. The fraction of sp³-hybridized carbons (Fsp3) is 0.833. The summed E-state index contributed by atoms with van der Waals surface area (Å²) in [6.07, 6.45) is -0.214. The van der Waals surface area contributed by atoms with Crippen LogP contribution in [0.5, 0.6) is 0 Å². The van der Waals surface area contributed by atoms with Crippen molar-refractivity contribution in [3.8, 4) is 0 Å². The Labute approximate surface area is 91.4 Å². The van der Waals surface area contributed by atoms with Crippen LogP contribution in [0, 0.1) is 0 Å². The van der Waals surface area contributed by atoms with Gasteiger partial charge in [0.25, 0.3) is 7.63 Å². The molecule has 0 aliphatic rings. The van der Waals surface area contributed by atoms with Gasteiger partial charge in [-0.15, -0.1) is 11.1 Å². The van der Waals surface area contributed by atoms with E-state index in [0.717, 1.165) is 0 Å². The normalized spacial score (nSPS) is 14.3.